The third-order valence-corrected chi connectivity index (χ3v) is 9.71. The van der Waals surface area contributed by atoms with Gasteiger partial charge in [-0.15, -0.1) is 6.58 Å². The molecule has 0 radical (unpaired) electrons. The summed E-state index contributed by atoms with van der Waals surface area (Å²) >= 11 is 18.9. The van der Waals surface area contributed by atoms with Gasteiger partial charge in [-0.2, -0.15) is 5.10 Å². The molecule has 1 saturated heterocycles. The van der Waals surface area contributed by atoms with Crippen molar-refractivity contribution >= 4 is 40.7 Å². The third kappa shape index (κ3) is 8.66. The first-order valence-corrected chi connectivity index (χ1v) is 16.8. The van der Waals surface area contributed by atoms with Crippen molar-refractivity contribution in [3.05, 3.63) is 81.4 Å². The minimum atomic E-state index is -0.0489. The van der Waals surface area contributed by atoms with Crippen molar-refractivity contribution in [1.29, 1.82) is 0 Å². The Kier molecular flexibility index (Phi) is 12.6. The summed E-state index contributed by atoms with van der Waals surface area (Å²) < 4.78 is 1.75. The fourth-order valence-corrected chi connectivity index (χ4v) is 6.82. The van der Waals surface area contributed by atoms with Crippen LogP contribution in [0.15, 0.2) is 55.1 Å². The van der Waals surface area contributed by atoms with Crippen molar-refractivity contribution in [2.45, 2.75) is 65.7 Å². The highest BCUT2D eigenvalue weighted by atomic mass is 35.5. The third-order valence-electron chi connectivity index (χ3n) is 8.92. The molecule has 5 nitrogen and oxygen atoms in total. The SMILES string of the molecule is C=CCC(CC)C(C)CCCCCCN1CCN(C(=O)c2nn(-c3ccc(Cl)cc3Cl)c(-c3ccc(Cl)cc3)c2C)CC1. The Balaban J connectivity index is 1.35. The Morgan fingerprint density at radius 2 is 1.65 bits per heavy atom. The predicted octanol–water partition coefficient (Wildman–Crippen LogP) is 9.75. The summed E-state index contributed by atoms with van der Waals surface area (Å²) in [6.07, 6.45) is 10.8. The predicted molar refractivity (Wildman–Crippen MR) is 182 cm³/mol. The second kappa shape index (κ2) is 16.1. The van der Waals surface area contributed by atoms with Crippen LogP contribution < -0.4 is 0 Å². The average molecular weight is 644 g/mol. The van der Waals surface area contributed by atoms with Crippen LogP contribution in [0.1, 0.15) is 74.8 Å². The van der Waals surface area contributed by atoms with Crippen molar-refractivity contribution < 1.29 is 4.79 Å². The van der Waals surface area contributed by atoms with Crippen LogP contribution in [0.25, 0.3) is 16.9 Å². The fraction of sp³-hybridized carbons (Fsp3) is 0.486. The molecule has 3 aromatic rings. The number of hydrogen-bond acceptors (Lipinski definition) is 3. The van der Waals surface area contributed by atoms with Gasteiger partial charge in [0.1, 0.15) is 0 Å². The Labute approximate surface area is 272 Å². The van der Waals surface area contributed by atoms with Gasteiger partial charge in [-0.05, 0) is 68.5 Å². The topological polar surface area (TPSA) is 41.4 Å². The van der Waals surface area contributed by atoms with Gasteiger partial charge in [-0.1, -0.05) is 99.0 Å². The van der Waals surface area contributed by atoms with Crippen LogP contribution >= 0.6 is 34.8 Å². The van der Waals surface area contributed by atoms with Crippen molar-refractivity contribution in [3.63, 3.8) is 0 Å². The van der Waals surface area contributed by atoms with Crippen molar-refractivity contribution in [3.8, 4) is 16.9 Å². The van der Waals surface area contributed by atoms with Crippen LogP contribution in [0.2, 0.25) is 15.1 Å². The molecule has 43 heavy (non-hydrogen) atoms. The standard InChI is InChI=1S/C35H45Cl3N4O/c1-5-11-27(6-2)25(3)12-9-7-8-10-19-40-20-22-41(23-21-40)35(43)33-26(4)34(28-13-15-29(36)16-14-28)42(39-33)32-18-17-30(37)24-31(32)38/h5,13-18,24-25,27H,1,6-12,19-23H2,2-4H3. The van der Waals surface area contributed by atoms with E-state index in [9.17, 15) is 4.79 Å². The molecule has 1 aliphatic heterocycles. The number of carbonyl (C=O) groups is 1. The largest absolute Gasteiger partial charge is 0.335 e. The number of rotatable bonds is 14. The molecule has 2 aromatic carbocycles. The Hall–Kier alpha value is -2.31. The maximum Gasteiger partial charge on any atom is 0.274 e. The molecule has 1 fully saturated rings. The number of halogens is 3. The summed E-state index contributed by atoms with van der Waals surface area (Å²) in [5.41, 5.74) is 3.63. The quantitative estimate of drug-likeness (QED) is 0.130. The lowest BCUT2D eigenvalue weighted by atomic mass is 9.85. The summed E-state index contributed by atoms with van der Waals surface area (Å²) in [6.45, 7) is 14.8. The van der Waals surface area contributed by atoms with Crippen molar-refractivity contribution in [2.24, 2.45) is 11.8 Å². The van der Waals surface area contributed by atoms with Crippen LogP contribution in [0.5, 0.6) is 0 Å². The number of nitrogens with zero attached hydrogens (tertiary/aromatic N) is 4. The highest BCUT2D eigenvalue weighted by molar-refractivity contribution is 6.35. The van der Waals surface area contributed by atoms with E-state index in [1.807, 2.05) is 42.2 Å². The molecule has 0 bridgehead atoms. The molecular weight excluding hydrogens is 599 g/mol. The zero-order chi connectivity index (χ0) is 30.9. The summed E-state index contributed by atoms with van der Waals surface area (Å²) in [7, 11) is 0. The van der Waals surface area contributed by atoms with E-state index in [0.717, 1.165) is 54.7 Å². The second-order valence-corrected chi connectivity index (χ2v) is 13.1. The molecule has 0 spiro atoms. The first kappa shape index (κ1) is 33.6. The molecule has 1 aliphatic rings. The minimum absolute atomic E-state index is 0.0489. The highest BCUT2D eigenvalue weighted by Crippen LogP contribution is 2.34. The van der Waals surface area contributed by atoms with Crippen molar-refractivity contribution in [2.75, 3.05) is 32.7 Å². The number of unbranched alkanes of at least 4 members (excludes halogenated alkanes) is 3. The summed E-state index contributed by atoms with van der Waals surface area (Å²) in [4.78, 5) is 18.2. The molecule has 0 saturated carbocycles. The molecule has 8 heteroatoms. The van der Waals surface area contributed by atoms with E-state index < -0.39 is 0 Å². The molecule has 1 aromatic heterocycles. The van der Waals surface area contributed by atoms with E-state index in [1.165, 1.54) is 38.5 Å². The lowest BCUT2D eigenvalue weighted by Crippen LogP contribution is -2.49. The van der Waals surface area contributed by atoms with Gasteiger partial charge in [0, 0.05) is 47.4 Å². The zero-order valence-corrected chi connectivity index (χ0v) is 28.1. The van der Waals surface area contributed by atoms with Gasteiger partial charge >= 0.3 is 0 Å². The lowest BCUT2D eigenvalue weighted by Gasteiger charge is -2.34. The number of benzene rings is 2. The maximum atomic E-state index is 13.8. The number of carbonyl (C=O) groups excluding carboxylic acids is 1. The number of piperazine rings is 1. The van der Waals surface area contributed by atoms with Gasteiger partial charge < -0.3 is 4.90 Å². The fourth-order valence-electron chi connectivity index (χ4n) is 6.20. The molecular formula is C35H45Cl3N4O. The van der Waals surface area contributed by atoms with Gasteiger partial charge in [0.2, 0.25) is 0 Å². The maximum absolute atomic E-state index is 13.8. The van der Waals surface area contributed by atoms with Gasteiger partial charge in [-0.3, -0.25) is 9.69 Å². The molecule has 0 aliphatic carbocycles. The van der Waals surface area contributed by atoms with E-state index in [2.05, 4.69) is 31.4 Å². The number of aromatic nitrogens is 2. The number of allylic oxidation sites excluding steroid dienone is 1. The van der Waals surface area contributed by atoms with Gasteiger partial charge in [0.25, 0.3) is 5.91 Å². The van der Waals surface area contributed by atoms with E-state index in [0.29, 0.717) is 39.5 Å². The van der Waals surface area contributed by atoms with Crippen LogP contribution in [-0.4, -0.2) is 58.2 Å². The first-order chi connectivity index (χ1) is 20.7. The molecule has 1 amide bonds. The smallest absolute Gasteiger partial charge is 0.274 e. The molecule has 232 valence electrons. The minimum Gasteiger partial charge on any atom is -0.335 e. The van der Waals surface area contributed by atoms with Gasteiger partial charge in [0.15, 0.2) is 5.69 Å². The average Bonchev–Trinajstić information content (AvgIpc) is 3.34. The van der Waals surface area contributed by atoms with Gasteiger partial charge in [-0.25, -0.2) is 4.68 Å². The van der Waals surface area contributed by atoms with Crippen LogP contribution in [0.3, 0.4) is 0 Å². The highest BCUT2D eigenvalue weighted by Gasteiger charge is 2.28. The summed E-state index contributed by atoms with van der Waals surface area (Å²) in [5.74, 6) is 1.49. The molecule has 4 rings (SSSR count). The van der Waals surface area contributed by atoms with Crippen molar-refractivity contribution in [1.82, 2.24) is 19.6 Å². The zero-order valence-electron chi connectivity index (χ0n) is 25.8. The summed E-state index contributed by atoms with van der Waals surface area (Å²) in [5, 5.41) is 6.47. The van der Waals surface area contributed by atoms with E-state index in [4.69, 9.17) is 39.9 Å². The monoisotopic (exact) mass is 642 g/mol. The van der Waals surface area contributed by atoms with Crippen LogP contribution in [0, 0.1) is 18.8 Å². The van der Waals surface area contributed by atoms with E-state index >= 15 is 0 Å². The summed E-state index contributed by atoms with van der Waals surface area (Å²) in [6, 6.07) is 12.8. The molecule has 2 unspecified atom stereocenters. The van der Waals surface area contributed by atoms with Gasteiger partial charge in [0.05, 0.1) is 16.4 Å². The Morgan fingerprint density at radius 3 is 2.30 bits per heavy atom. The molecule has 0 N–H and O–H groups in total. The normalized spacial score (nSPS) is 15.4. The second-order valence-electron chi connectivity index (χ2n) is 11.8. The number of hydrogen-bond donors (Lipinski definition) is 0. The lowest BCUT2D eigenvalue weighted by molar-refractivity contribution is 0.0628. The molecule has 2 atom stereocenters. The van der Waals surface area contributed by atoms with Crippen LogP contribution in [0.4, 0.5) is 0 Å². The Bertz CT molecular complexity index is 1360. The molecule has 2 heterocycles. The first-order valence-electron chi connectivity index (χ1n) is 15.7. The van der Waals surface area contributed by atoms with E-state index in [-0.39, 0.29) is 5.91 Å². The Morgan fingerprint density at radius 1 is 0.977 bits per heavy atom. The number of amides is 1. The van der Waals surface area contributed by atoms with E-state index in [1.54, 1.807) is 16.8 Å². The van der Waals surface area contributed by atoms with Crippen LogP contribution in [-0.2, 0) is 0 Å².